The van der Waals surface area contributed by atoms with Crippen LogP contribution in [0.4, 0.5) is 13.2 Å². The Bertz CT molecular complexity index is 361. The van der Waals surface area contributed by atoms with Crippen molar-refractivity contribution in [3.8, 4) is 0 Å². The summed E-state index contributed by atoms with van der Waals surface area (Å²) in [5.41, 5.74) is -1.25. The van der Waals surface area contributed by atoms with Gasteiger partial charge in [0.1, 0.15) is 0 Å². The number of piperazine rings is 1. The van der Waals surface area contributed by atoms with Gasteiger partial charge >= 0.3 is 6.36 Å². The van der Waals surface area contributed by atoms with Crippen molar-refractivity contribution in [1.29, 1.82) is 0 Å². The van der Waals surface area contributed by atoms with Crippen molar-refractivity contribution in [3.05, 3.63) is 35.9 Å². The zero-order valence-electron chi connectivity index (χ0n) is 9.00. The molecule has 1 unspecified atom stereocenters. The van der Waals surface area contributed by atoms with E-state index in [2.05, 4.69) is 15.4 Å². The minimum atomic E-state index is -4.71. The van der Waals surface area contributed by atoms with E-state index in [4.69, 9.17) is 0 Å². The lowest BCUT2D eigenvalue weighted by Crippen LogP contribution is -2.56. The molecule has 0 amide bonds. The molecule has 1 atom stereocenters. The first kappa shape index (κ1) is 12.3. The van der Waals surface area contributed by atoms with E-state index in [1.54, 1.807) is 30.3 Å². The maximum absolute atomic E-state index is 12.5. The molecule has 1 radical (unpaired) electrons. The molecular formula is C11H12F3N2O. The number of hydrogen-bond acceptors (Lipinski definition) is 2. The van der Waals surface area contributed by atoms with Gasteiger partial charge < -0.3 is 5.32 Å². The Balaban J connectivity index is 2.30. The summed E-state index contributed by atoms with van der Waals surface area (Å²) in [5, 5.41) is 6.89. The third-order valence-corrected chi connectivity index (χ3v) is 2.53. The van der Waals surface area contributed by atoms with Crippen LogP contribution in [0.25, 0.3) is 0 Å². The second-order valence-electron chi connectivity index (χ2n) is 3.76. The Hall–Kier alpha value is -1.11. The third kappa shape index (κ3) is 2.96. The summed E-state index contributed by atoms with van der Waals surface area (Å²) in [6.07, 6.45) is -4.71. The van der Waals surface area contributed by atoms with Gasteiger partial charge in [0.2, 0.25) is 0 Å². The van der Waals surface area contributed by atoms with E-state index >= 15 is 0 Å². The van der Waals surface area contributed by atoms with Gasteiger partial charge in [-0.2, -0.15) is 0 Å². The van der Waals surface area contributed by atoms with Crippen molar-refractivity contribution in [1.82, 2.24) is 10.6 Å². The van der Waals surface area contributed by atoms with Crippen LogP contribution in [0.1, 0.15) is 5.56 Å². The lowest BCUT2D eigenvalue weighted by molar-refractivity contribution is -0.378. The average Bonchev–Trinajstić information content (AvgIpc) is 2.29. The molecule has 1 aliphatic heterocycles. The highest BCUT2D eigenvalue weighted by Gasteiger charge is 2.46. The number of hydrogen-bond donors (Lipinski definition) is 1. The highest BCUT2D eigenvalue weighted by Crippen LogP contribution is 2.32. The summed E-state index contributed by atoms with van der Waals surface area (Å²) in [6.45, 7) is 0.886. The summed E-state index contributed by atoms with van der Waals surface area (Å²) < 4.78 is 41.6. The van der Waals surface area contributed by atoms with E-state index < -0.39 is 12.1 Å². The molecule has 1 fully saturated rings. The van der Waals surface area contributed by atoms with Crippen LogP contribution < -0.4 is 10.6 Å². The maximum atomic E-state index is 12.5. The standard InChI is InChI=1S/C11H12F3N2O/c12-11(13,14)17-10(8-15-6-7-16-10)9-4-2-1-3-5-9/h1-5,15H,6-8H2. The van der Waals surface area contributed by atoms with E-state index in [9.17, 15) is 13.2 Å². The van der Waals surface area contributed by atoms with Gasteiger partial charge in [0, 0.05) is 25.2 Å². The molecule has 1 aromatic rings. The lowest BCUT2D eigenvalue weighted by Gasteiger charge is -2.37. The van der Waals surface area contributed by atoms with Crippen LogP contribution in [0.5, 0.6) is 0 Å². The molecule has 17 heavy (non-hydrogen) atoms. The lowest BCUT2D eigenvalue weighted by atomic mass is 10.0. The van der Waals surface area contributed by atoms with Crippen molar-refractivity contribution < 1.29 is 17.9 Å². The summed E-state index contributed by atoms with van der Waals surface area (Å²) in [4.78, 5) is 0. The predicted octanol–water partition coefficient (Wildman–Crippen LogP) is 1.58. The highest BCUT2D eigenvalue weighted by molar-refractivity contribution is 5.23. The summed E-state index contributed by atoms with van der Waals surface area (Å²) in [7, 11) is 0. The van der Waals surface area contributed by atoms with E-state index in [0.717, 1.165) is 0 Å². The van der Waals surface area contributed by atoms with E-state index in [-0.39, 0.29) is 6.54 Å². The van der Waals surface area contributed by atoms with Crippen LogP contribution in [0, 0.1) is 0 Å². The van der Waals surface area contributed by atoms with Crippen molar-refractivity contribution in [3.63, 3.8) is 0 Å². The van der Waals surface area contributed by atoms with Gasteiger partial charge in [-0.15, -0.1) is 13.2 Å². The Labute approximate surface area is 97.0 Å². The fourth-order valence-corrected chi connectivity index (χ4v) is 1.84. The van der Waals surface area contributed by atoms with E-state index in [0.29, 0.717) is 18.7 Å². The smallest absolute Gasteiger partial charge is 0.311 e. The van der Waals surface area contributed by atoms with Crippen LogP contribution in [-0.2, 0) is 10.5 Å². The van der Waals surface area contributed by atoms with E-state index in [1.807, 2.05) is 0 Å². The molecule has 93 valence electrons. The molecule has 1 N–H and O–H groups in total. The van der Waals surface area contributed by atoms with Gasteiger partial charge in [-0.3, -0.25) is 4.74 Å². The first-order valence-corrected chi connectivity index (χ1v) is 5.24. The molecule has 3 nitrogen and oxygen atoms in total. The third-order valence-electron chi connectivity index (χ3n) is 2.53. The Morgan fingerprint density at radius 2 is 1.94 bits per heavy atom. The van der Waals surface area contributed by atoms with Crippen LogP contribution >= 0.6 is 0 Å². The van der Waals surface area contributed by atoms with Gasteiger partial charge in [-0.1, -0.05) is 30.3 Å². The normalized spacial score (nSPS) is 25.8. The van der Waals surface area contributed by atoms with Gasteiger partial charge in [0.05, 0.1) is 0 Å². The number of ether oxygens (including phenoxy) is 1. The first-order valence-electron chi connectivity index (χ1n) is 5.24. The molecule has 1 aromatic carbocycles. The van der Waals surface area contributed by atoms with Crippen LogP contribution in [0.2, 0.25) is 0 Å². The maximum Gasteiger partial charge on any atom is 0.524 e. The Kier molecular flexibility index (Phi) is 3.37. The molecule has 0 saturated carbocycles. The number of alkyl halides is 3. The largest absolute Gasteiger partial charge is 0.524 e. The van der Waals surface area contributed by atoms with Crippen molar-refractivity contribution in [2.45, 2.75) is 12.1 Å². The van der Waals surface area contributed by atoms with Crippen molar-refractivity contribution >= 4 is 0 Å². The number of halogens is 3. The zero-order chi connectivity index (χ0) is 12.4. The summed E-state index contributed by atoms with van der Waals surface area (Å²) in [6, 6.07) is 8.24. The second kappa shape index (κ2) is 4.64. The van der Waals surface area contributed by atoms with Crippen LogP contribution in [-0.4, -0.2) is 26.0 Å². The molecule has 1 heterocycles. The Morgan fingerprint density at radius 1 is 1.24 bits per heavy atom. The SMILES string of the molecule is FC(F)(F)OC1(c2ccccc2)CNCC[N]1. The van der Waals surface area contributed by atoms with Gasteiger partial charge in [-0.25, -0.2) is 5.32 Å². The van der Waals surface area contributed by atoms with Crippen molar-refractivity contribution in [2.24, 2.45) is 0 Å². The molecule has 0 aliphatic carbocycles. The van der Waals surface area contributed by atoms with Crippen LogP contribution in [0.3, 0.4) is 0 Å². The minimum Gasteiger partial charge on any atom is -0.311 e. The topological polar surface area (TPSA) is 35.4 Å². The second-order valence-corrected chi connectivity index (χ2v) is 3.76. The zero-order valence-corrected chi connectivity index (χ0v) is 9.00. The molecule has 0 aromatic heterocycles. The summed E-state index contributed by atoms with van der Waals surface area (Å²) in [5.74, 6) is 0. The molecular weight excluding hydrogens is 233 g/mol. The molecule has 1 aliphatic rings. The number of benzene rings is 1. The number of nitrogens with zero attached hydrogens (tertiary/aromatic N) is 1. The van der Waals surface area contributed by atoms with E-state index in [1.165, 1.54) is 0 Å². The van der Waals surface area contributed by atoms with Crippen molar-refractivity contribution in [2.75, 3.05) is 19.6 Å². The van der Waals surface area contributed by atoms with Gasteiger partial charge in [0.25, 0.3) is 0 Å². The molecule has 0 bridgehead atoms. The van der Waals surface area contributed by atoms with Gasteiger partial charge in [0.15, 0.2) is 5.72 Å². The number of nitrogens with one attached hydrogen (secondary N) is 1. The highest BCUT2D eigenvalue weighted by atomic mass is 19.4. The average molecular weight is 245 g/mol. The molecule has 6 heteroatoms. The fraction of sp³-hybridized carbons (Fsp3) is 0.455. The molecule has 2 rings (SSSR count). The first-order chi connectivity index (χ1) is 8.02. The van der Waals surface area contributed by atoms with Crippen LogP contribution in [0.15, 0.2) is 30.3 Å². The quantitative estimate of drug-likeness (QED) is 0.858. The number of rotatable bonds is 2. The Morgan fingerprint density at radius 3 is 2.47 bits per heavy atom. The summed E-state index contributed by atoms with van der Waals surface area (Å²) >= 11 is 0. The predicted molar refractivity (Wildman–Crippen MR) is 55.1 cm³/mol. The van der Waals surface area contributed by atoms with Gasteiger partial charge in [-0.05, 0) is 0 Å². The monoisotopic (exact) mass is 245 g/mol. The molecule has 0 spiro atoms. The minimum absolute atomic E-state index is 0.0243. The fourth-order valence-electron chi connectivity index (χ4n) is 1.84. The molecule has 1 saturated heterocycles.